The van der Waals surface area contributed by atoms with E-state index in [-0.39, 0.29) is 0 Å². The molecule has 1 N–H and O–H groups in total. The van der Waals surface area contributed by atoms with Gasteiger partial charge in [-0.15, -0.1) is 5.10 Å². The first-order valence-corrected chi connectivity index (χ1v) is 7.61. The minimum Gasteiger partial charge on any atom is -0.310 e. The summed E-state index contributed by atoms with van der Waals surface area (Å²) in [6.45, 7) is 3.70. The first kappa shape index (κ1) is 14.1. The van der Waals surface area contributed by atoms with Crippen molar-refractivity contribution in [2.45, 2.75) is 19.9 Å². The van der Waals surface area contributed by atoms with Crippen molar-refractivity contribution < 1.29 is 0 Å². The summed E-state index contributed by atoms with van der Waals surface area (Å²) in [5.41, 5.74) is 1.77. The van der Waals surface area contributed by atoms with Crippen LogP contribution in [0.15, 0.2) is 34.9 Å². The second-order valence-electron chi connectivity index (χ2n) is 4.69. The van der Waals surface area contributed by atoms with Gasteiger partial charge < -0.3 is 5.32 Å². The molecule has 2 heterocycles. The molecule has 0 saturated heterocycles. The van der Waals surface area contributed by atoms with Crippen LogP contribution in [-0.2, 0) is 6.54 Å². The van der Waals surface area contributed by atoms with E-state index in [1.54, 1.807) is 10.9 Å². The number of fused-ring (bicyclic) bond motifs is 1. The van der Waals surface area contributed by atoms with Gasteiger partial charge in [0.15, 0.2) is 5.82 Å². The highest BCUT2D eigenvalue weighted by atomic mass is 79.9. The van der Waals surface area contributed by atoms with Gasteiger partial charge in [0.05, 0.1) is 17.7 Å². The number of aromatic nitrogens is 5. The SMILES string of the molecule is CCCNCc1nnnn1-c1cccc2cc(Br)cnc12. The van der Waals surface area contributed by atoms with E-state index in [1.165, 1.54) is 0 Å². The van der Waals surface area contributed by atoms with E-state index in [9.17, 15) is 0 Å². The van der Waals surface area contributed by atoms with E-state index in [0.717, 1.165) is 39.9 Å². The lowest BCUT2D eigenvalue weighted by molar-refractivity contribution is 0.633. The summed E-state index contributed by atoms with van der Waals surface area (Å²) in [5.74, 6) is 0.778. The largest absolute Gasteiger partial charge is 0.310 e. The van der Waals surface area contributed by atoms with Gasteiger partial charge in [-0.1, -0.05) is 19.1 Å². The standard InChI is InChI=1S/C14H15BrN6/c1-2-6-16-9-13-18-19-20-21(13)12-5-3-4-10-7-11(15)8-17-14(10)12/h3-5,7-8,16H,2,6,9H2,1H3. The molecule has 0 saturated carbocycles. The van der Waals surface area contributed by atoms with Gasteiger partial charge in [0.25, 0.3) is 0 Å². The molecule has 7 heteroatoms. The number of rotatable bonds is 5. The molecule has 0 radical (unpaired) electrons. The van der Waals surface area contributed by atoms with Crippen molar-refractivity contribution in [1.82, 2.24) is 30.5 Å². The quantitative estimate of drug-likeness (QED) is 0.718. The van der Waals surface area contributed by atoms with Crippen molar-refractivity contribution in [2.75, 3.05) is 6.54 Å². The first-order chi connectivity index (χ1) is 10.3. The highest BCUT2D eigenvalue weighted by Gasteiger charge is 2.11. The summed E-state index contributed by atoms with van der Waals surface area (Å²) in [6.07, 6.45) is 2.86. The number of pyridine rings is 1. The van der Waals surface area contributed by atoms with Crippen LogP contribution in [0.2, 0.25) is 0 Å². The highest BCUT2D eigenvalue weighted by Crippen LogP contribution is 2.23. The zero-order valence-corrected chi connectivity index (χ0v) is 13.2. The molecular formula is C14H15BrN6. The van der Waals surface area contributed by atoms with Crippen molar-refractivity contribution in [2.24, 2.45) is 0 Å². The molecule has 3 aromatic rings. The number of hydrogen-bond acceptors (Lipinski definition) is 5. The number of para-hydroxylation sites is 1. The zero-order chi connectivity index (χ0) is 14.7. The maximum Gasteiger partial charge on any atom is 0.170 e. The summed E-state index contributed by atoms with van der Waals surface area (Å²) in [6, 6.07) is 8.01. The van der Waals surface area contributed by atoms with Crippen LogP contribution in [0.4, 0.5) is 0 Å². The zero-order valence-electron chi connectivity index (χ0n) is 11.6. The summed E-state index contributed by atoms with van der Waals surface area (Å²) in [4.78, 5) is 4.49. The smallest absolute Gasteiger partial charge is 0.170 e. The van der Waals surface area contributed by atoms with Crippen LogP contribution < -0.4 is 5.32 Å². The lowest BCUT2D eigenvalue weighted by Crippen LogP contribution is -2.17. The van der Waals surface area contributed by atoms with Crippen LogP contribution in [0.25, 0.3) is 16.6 Å². The third-order valence-electron chi connectivity index (χ3n) is 3.13. The molecule has 21 heavy (non-hydrogen) atoms. The van der Waals surface area contributed by atoms with Crippen molar-refractivity contribution >= 4 is 26.8 Å². The molecule has 0 spiro atoms. The Morgan fingerprint density at radius 2 is 2.24 bits per heavy atom. The molecule has 1 aromatic carbocycles. The summed E-state index contributed by atoms with van der Waals surface area (Å²) in [7, 11) is 0. The van der Waals surface area contributed by atoms with Gasteiger partial charge in [0.2, 0.25) is 0 Å². The Balaban J connectivity index is 2.03. The Bertz CT molecular complexity index is 754. The predicted octanol–water partition coefficient (Wildman–Crippen LogP) is 2.47. The monoisotopic (exact) mass is 346 g/mol. The van der Waals surface area contributed by atoms with Crippen molar-refractivity contribution in [1.29, 1.82) is 0 Å². The number of benzene rings is 1. The number of nitrogens with one attached hydrogen (secondary N) is 1. The van der Waals surface area contributed by atoms with Gasteiger partial charge in [0.1, 0.15) is 0 Å². The van der Waals surface area contributed by atoms with Crippen LogP contribution in [-0.4, -0.2) is 31.7 Å². The van der Waals surface area contributed by atoms with E-state index in [1.807, 2.05) is 24.3 Å². The normalized spacial score (nSPS) is 11.1. The van der Waals surface area contributed by atoms with Crippen LogP contribution in [0.1, 0.15) is 19.2 Å². The van der Waals surface area contributed by atoms with Crippen LogP contribution >= 0.6 is 15.9 Å². The van der Waals surface area contributed by atoms with Crippen LogP contribution in [0.3, 0.4) is 0 Å². The van der Waals surface area contributed by atoms with Gasteiger partial charge in [-0.3, -0.25) is 4.98 Å². The maximum atomic E-state index is 4.49. The van der Waals surface area contributed by atoms with Gasteiger partial charge >= 0.3 is 0 Å². The van der Waals surface area contributed by atoms with E-state index in [2.05, 4.69) is 48.7 Å². The second kappa shape index (κ2) is 6.28. The molecule has 108 valence electrons. The Kier molecular flexibility index (Phi) is 4.21. The Labute approximate surface area is 130 Å². The molecular weight excluding hydrogens is 332 g/mol. The average Bonchev–Trinajstić information content (AvgIpc) is 2.95. The number of tetrazole rings is 1. The molecule has 0 atom stereocenters. The van der Waals surface area contributed by atoms with Crippen molar-refractivity contribution in [3.63, 3.8) is 0 Å². The minimum atomic E-state index is 0.633. The van der Waals surface area contributed by atoms with Crippen molar-refractivity contribution in [3.05, 3.63) is 40.8 Å². The minimum absolute atomic E-state index is 0.633. The summed E-state index contributed by atoms with van der Waals surface area (Å²) in [5, 5.41) is 16.3. The Hall–Kier alpha value is -1.86. The molecule has 0 aliphatic carbocycles. The lowest BCUT2D eigenvalue weighted by Gasteiger charge is -2.08. The summed E-state index contributed by atoms with van der Waals surface area (Å²) >= 11 is 3.44. The number of nitrogens with zero attached hydrogens (tertiary/aromatic N) is 5. The van der Waals surface area contributed by atoms with Gasteiger partial charge in [-0.2, -0.15) is 4.68 Å². The van der Waals surface area contributed by atoms with Gasteiger partial charge in [-0.25, -0.2) is 0 Å². The predicted molar refractivity (Wildman–Crippen MR) is 84.2 cm³/mol. The van der Waals surface area contributed by atoms with E-state index in [4.69, 9.17) is 0 Å². The molecule has 0 bridgehead atoms. The fourth-order valence-electron chi connectivity index (χ4n) is 2.17. The van der Waals surface area contributed by atoms with Crippen molar-refractivity contribution in [3.8, 4) is 5.69 Å². The molecule has 3 rings (SSSR count). The fraction of sp³-hybridized carbons (Fsp3) is 0.286. The van der Waals surface area contributed by atoms with E-state index >= 15 is 0 Å². The molecule has 0 amide bonds. The van der Waals surface area contributed by atoms with E-state index in [0.29, 0.717) is 6.54 Å². The Morgan fingerprint density at radius 3 is 3.10 bits per heavy atom. The van der Waals surface area contributed by atoms with E-state index < -0.39 is 0 Å². The first-order valence-electron chi connectivity index (χ1n) is 6.82. The second-order valence-corrected chi connectivity index (χ2v) is 5.60. The van der Waals surface area contributed by atoms with Crippen LogP contribution in [0.5, 0.6) is 0 Å². The third-order valence-corrected chi connectivity index (χ3v) is 3.56. The number of halogens is 1. The maximum absolute atomic E-state index is 4.49. The lowest BCUT2D eigenvalue weighted by atomic mass is 10.2. The molecule has 0 fully saturated rings. The molecule has 0 aliphatic rings. The fourth-order valence-corrected chi connectivity index (χ4v) is 2.52. The molecule has 0 aliphatic heterocycles. The summed E-state index contributed by atoms with van der Waals surface area (Å²) < 4.78 is 2.69. The third kappa shape index (κ3) is 2.93. The average molecular weight is 347 g/mol. The van der Waals surface area contributed by atoms with Gasteiger partial charge in [0, 0.05) is 16.1 Å². The number of hydrogen-bond donors (Lipinski definition) is 1. The molecule has 2 aromatic heterocycles. The molecule has 6 nitrogen and oxygen atoms in total. The van der Waals surface area contributed by atoms with Gasteiger partial charge in [-0.05, 0) is 51.5 Å². The Morgan fingerprint density at radius 1 is 1.33 bits per heavy atom. The van der Waals surface area contributed by atoms with Crippen LogP contribution in [0, 0.1) is 0 Å². The molecule has 0 unspecified atom stereocenters. The topological polar surface area (TPSA) is 68.5 Å². The highest BCUT2D eigenvalue weighted by molar-refractivity contribution is 9.10.